The summed E-state index contributed by atoms with van der Waals surface area (Å²) in [6.45, 7) is 3.38. The van der Waals surface area contributed by atoms with Gasteiger partial charge in [-0.05, 0) is 12.8 Å². The highest BCUT2D eigenvalue weighted by Crippen LogP contribution is 2.52. The fourth-order valence-corrected chi connectivity index (χ4v) is 4.10. The van der Waals surface area contributed by atoms with Crippen molar-refractivity contribution in [3.63, 3.8) is 0 Å². The van der Waals surface area contributed by atoms with Gasteiger partial charge in [0.2, 0.25) is 11.7 Å². The lowest BCUT2D eigenvalue weighted by Gasteiger charge is -2.26. The van der Waals surface area contributed by atoms with Gasteiger partial charge in [0.25, 0.3) is 5.56 Å². The van der Waals surface area contributed by atoms with Crippen LogP contribution in [0.3, 0.4) is 0 Å². The molecule has 1 unspecified atom stereocenters. The fraction of sp³-hybridized carbons (Fsp3) is 0.385. The van der Waals surface area contributed by atoms with Crippen LogP contribution >= 0.6 is 30.6 Å². The number of aromatic amines is 1. The van der Waals surface area contributed by atoms with Crippen LogP contribution in [0.1, 0.15) is 12.5 Å². The molecule has 11 nitrogen and oxygen atoms in total. The Kier molecular flexibility index (Phi) is 5.49. The van der Waals surface area contributed by atoms with Crippen molar-refractivity contribution in [3.05, 3.63) is 28.6 Å². The Labute approximate surface area is 166 Å². The summed E-state index contributed by atoms with van der Waals surface area (Å²) in [5.41, 5.74) is 3.53. The average molecular weight is 512 g/mol. The van der Waals surface area contributed by atoms with Crippen LogP contribution in [0.2, 0.25) is 0 Å². The molecule has 3 atom stereocenters. The van der Waals surface area contributed by atoms with E-state index in [1.54, 1.807) is 0 Å². The predicted octanol–water partition coefficient (Wildman–Crippen LogP) is 2.08. The minimum atomic E-state index is -3.56. The summed E-state index contributed by atoms with van der Waals surface area (Å²) < 4.78 is 43.3. The highest BCUT2D eigenvalue weighted by atomic mass is 127. The first kappa shape index (κ1) is 20.1. The number of hydrogen-bond acceptors (Lipinski definition) is 9. The molecular weight excluding hydrogens is 497 g/mol. The van der Waals surface area contributed by atoms with E-state index in [1.807, 2.05) is 0 Å². The van der Waals surface area contributed by atoms with Crippen LogP contribution in [0, 0.1) is 0 Å². The number of anilines is 1. The minimum absolute atomic E-state index is 0.0346. The average Bonchev–Trinajstić information content (AvgIpc) is 3.21. The number of halogens is 2. The van der Waals surface area contributed by atoms with Crippen molar-refractivity contribution in [2.24, 2.45) is 4.99 Å². The monoisotopic (exact) mass is 512 g/mol. The van der Waals surface area contributed by atoms with E-state index in [2.05, 4.69) is 26.7 Å². The number of fused-ring (bicyclic) bond motifs is 1. The van der Waals surface area contributed by atoms with Gasteiger partial charge in [-0.3, -0.25) is 19.3 Å². The summed E-state index contributed by atoms with van der Waals surface area (Å²) in [7, 11) is -2.37. The Morgan fingerprint density at radius 3 is 3.04 bits per heavy atom. The van der Waals surface area contributed by atoms with Crippen LogP contribution in [-0.2, 0) is 16.7 Å². The Bertz CT molecular complexity index is 1020. The number of aromatic nitrogens is 4. The molecule has 14 heteroatoms. The molecule has 0 bridgehead atoms. The standard InChI is InChI=1S/C13H15FIN6O5P/c1-17-13(25-6-27(23,24-2)26-15)4-7(3-8(13)14)21-5-18-9-10(21)19-12(16)20-11(9)22/h3,5,7H,1,4,6H2,2H3,(H3,16,19,20,22)/t7-,13-,27?/m1/s1. The molecule has 27 heavy (non-hydrogen) atoms. The summed E-state index contributed by atoms with van der Waals surface area (Å²) in [6, 6.07) is -0.642. The quantitative estimate of drug-likeness (QED) is 0.326. The number of H-pyrrole nitrogens is 1. The summed E-state index contributed by atoms with van der Waals surface area (Å²) in [6.07, 6.45) is 2.01. The number of allylic oxidation sites excluding steroid dienone is 1. The molecule has 0 amide bonds. The van der Waals surface area contributed by atoms with E-state index in [-0.39, 0.29) is 23.5 Å². The third-order valence-corrected chi connectivity index (χ3v) is 7.12. The van der Waals surface area contributed by atoms with Gasteiger partial charge in [0.1, 0.15) is 23.0 Å². The number of nitrogens with one attached hydrogen (secondary N) is 1. The minimum Gasteiger partial charge on any atom is -0.369 e. The number of aliphatic imine (C=N–C) groups is 1. The van der Waals surface area contributed by atoms with E-state index >= 15 is 0 Å². The molecule has 1 aliphatic rings. The van der Waals surface area contributed by atoms with Gasteiger partial charge in [-0.2, -0.15) is 4.98 Å². The summed E-state index contributed by atoms with van der Waals surface area (Å²) in [5.74, 6) is -0.834. The maximum Gasteiger partial charge on any atom is 0.365 e. The van der Waals surface area contributed by atoms with Gasteiger partial charge in [-0.15, -0.1) is 0 Å². The van der Waals surface area contributed by atoms with Crippen molar-refractivity contribution in [2.45, 2.75) is 18.2 Å². The lowest BCUT2D eigenvalue weighted by molar-refractivity contribution is -0.00879. The molecule has 0 aliphatic heterocycles. The smallest absolute Gasteiger partial charge is 0.365 e. The topological polar surface area (TPSA) is 147 Å². The summed E-state index contributed by atoms with van der Waals surface area (Å²) in [5, 5.41) is 0. The first-order chi connectivity index (χ1) is 12.8. The second-order valence-electron chi connectivity index (χ2n) is 5.64. The Balaban J connectivity index is 1.93. The normalized spacial score (nSPS) is 24.7. The van der Waals surface area contributed by atoms with Crippen molar-refractivity contribution in [3.8, 4) is 0 Å². The molecule has 0 saturated heterocycles. The van der Waals surface area contributed by atoms with Gasteiger partial charge in [-0.1, -0.05) is 0 Å². The van der Waals surface area contributed by atoms with Gasteiger partial charge < -0.3 is 19.6 Å². The number of imidazole rings is 1. The molecule has 0 fully saturated rings. The van der Waals surface area contributed by atoms with Crippen LogP contribution in [0.4, 0.5) is 10.3 Å². The lowest BCUT2D eigenvalue weighted by Crippen LogP contribution is -2.30. The fourth-order valence-electron chi connectivity index (χ4n) is 2.70. The molecule has 0 aromatic carbocycles. The molecule has 3 rings (SSSR count). The maximum absolute atomic E-state index is 14.7. The van der Waals surface area contributed by atoms with Crippen molar-refractivity contribution >= 4 is 54.4 Å². The molecule has 0 saturated carbocycles. The Morgan fingerprint density at radius 2 is 2.41 bits per heavy atom. The number of rotatable bonds is 7. The second-order valence-corrected chi connectivity index (χ2v) is 8.80. The van der Waals surface area contributed by atoms with E-state index < -0.39 is 37.1 Å². The van der Waals surface area contributed by atoms with Crippen molar-refractivity contribution < 1.29 is 21.1 Å². The van der Waals surface area contributed by atoms with E-state index in [0.717, 1.165) is 0 Å². The van der Waals surface area contributed by atoms with Crippen LogP contribution in [0.5, 0.6) is 0 Å². The third-order valence-electron chi connectivity index (χ3n) is 4.11. The number of hydrogen-bond donors (Lipinski definition) is 2. The number of nitrogen functional groups attached to an aromatic ring is 1. The molecule has 2 aromatic heterocycles. The second kappa shape index (κ2) is 7.39. The van der Waals surface area contributed by atoms with Crippen LogP contribution in [-0.4, -0.2) is 45.4 Å². The number of ether oxygens (including phenoxy) is 1. The maximum atomic E-state index is 14.7. The zero-order valence-electron chi connectivity index (χ0n) is 14.0. The SMILES string of the molecule is C=N[C@@]1(OCP(=O)(OC)OI)C[C@H](n2cnc3c(=O)[nH]c(N)nc32)C=C1F. The van der Waals surface area contributed by atoms with Crippen LogP contribution < -0.4 is 11.3 Å². The van der Waals surface area contributed by atoms with Crippen LogP contribution in [0.15, 0.2) is 28.0 Å². The van der Waals surface area contributed by atoms with Crippen molar-refractivity contribution in [2.75, 3.05) is 19.2 Å². The summed E-state index contributed by atoms with van der Waals surface area (Å²) >= 11 is 1.42. The molecule has 2 heterocycles. The van der Waals surface area contributed by atoms with Crippen LogP contribution in [0.25, 0.3) is 11.2 Å². The number of nitrogens with two attached hydrogens (primary N) is 1. The molecule has 0 radical (unpaired) electrons. The van der Waals surface area contributed by atoms with E-state index in [9.17, 15) is 13.8 Å². The largest absolute Gasteiger partial charge is 0.369 e. The van der Waals surface area contributed by atoms with E-state index in [1.165, 1.54) is 47.1 Å². The highest BCUT2D eigenvalue weighted by molar-refractivity contribution is 14.1. The molecular formula is C13H15FIN6O5P. The lowest BCUT2D eigenvalue weighted by atomic mass is 10.1. The first-order valence-corrected chi connectivity index (χ1v) is 10.1. The van der Waals surface area contributed by atoms with Crippen molar-refractivity contribution in [1.82, 2.24) is 19.5 Å². The van der Waals surface area contributed by atoms with Gasteiger partial charge in [0.05, 0.1) is 12.4 Å². The number of nitrogens with zero attached hydrogens (tertiary/aromatic N) is 4. The molecule has 3 N–H and O–H groups in total. The highest BCUT2D eigenvalue weighted by Gasteiger charge is 2.46. The zero-order valence-corrected chi connectivity index (χ0v) is 17.0. The molecule has 2 aromatic rings. The molecule has 0 spiro atoms. The summed E-state index contributed by atoms with van der Waals surface area (Å²) in [4.78, 5) is 26.0. The van der Waals surface area contributed by atoms with Gasteiger partial charge in [0, 0.05) is 13.5 Å². The third kappa shape index (κ3) is 3.57. The van der Waals surface area contributed by atoms with Gasteiger partial charge >= 0.3 is 7.60 Å². The molecule has 146 valence electrons. The van der Waals surface area contributed by atoms with Crippen molar-refractivity contribution in [1.29, 1.82) is 0 Å². The van der Waals surface area contributed by atoms with E-state index in [4.69, 9.17) is 17.8 Å². The predicted molar refractivity (Wildman–Crippen MR) is 103 cm³/mol. The Morgan fingerprint density at radius 1 is 1.67 bits per heavy atom. The zero-order chi connectivity index (χ0) is 19.8. The Hall–Kier alpha value is -1.67. The van der Waals surface area contributed by atoms with Gasteiger partial charge in [0.15, 0.2) is 23.3 Å². The first-order valence-electron chi connectivity index (χ1n) is 7.44. The van der Waals surface area contributed by atoms with E-state index in [0.29, 0.717) is 0 Å². The molecule has 1 aliphatic carbocycles. The van der Waals surface area contributed by atoms with Gasteiger partial charge in [-0.25, -0.2) is 12.2 Å².